The molecule has 3 heterocycles. The van der Waals surface area contributed by atoms with Crippen molar-refractivity contribution in [2.24, 2.45) is 0 Å². The second-order valence-corrected chi connectivity index (χ2v) is 7.06. The number of nitrogens with zero attached hydrogens (tertiary/aromatic N) is 5. The zero-order valence-corrected chi connectivity index (χ0v) is 14.3. The molecule has 0 aliphatic carbocycles. The van der Waals surface area contributed by atoms with Gasteiger partial charge in [-0.25, -0.2) is 15.0 Å². The third kappa shape index (κ3) is 2.71. The van der Waals surface area contributed by atoms with Gasteiger partial charge in [-0.05, 0) is 29.8 Å². The molecule has 10 heteroatoms. The van der Waals surface area contributed by atoms with Crippen LogP contribution in [0.1, 0.15) is 12.7 Å². The fourth-order valence-electron chi connectivity index (χ4n) is 2.04. The maximum Gasteiger partial charge on any atom is 0.282 e. The Kier molecular flexibility index (Phi) is 3.65. The fraction of sp³-hybridized carbons (Fsp3) is 0.250. The molecule has 0 aromatic carbocycles. The number of sulfonamides is 1. The Hall–Kier alpha value is -1.94. The third-order valence-electron chi connectivity index (χ3n) is 3.12. The van der Waals surface area contributed by atoms with Crippen molar-refractivity contribution in [1.82, 2.24) is 23.9 Å². The topological polar surface area (TPSA) is 94.2 Å². The number of aryl methyl sites for hydroxylation is 2. The molecular formula is C12H13BrN6O2S. The highest BCUT2D eigenvalue weighted by molar-refractivity contribution is 9.10. The monoisotopic (exact) mass is 384 g/mol. The smallest absolute Gasteiger partial charge is 0.282 e. The molecule has 0 atom stereocenters. The minimum absolute atomic E-state index is 0.0248. The van der Waals surface area contributed by atoms with Gasteiger partial charge in [0.05, 0.1) is 12.4 Å². The second-order valence-electron chi connectivity index (χ2n) is 4.62. The summed E-state index contributed by atoms with van der Waals surface area (Å²) in [4.78, 5) is 12.3. The maximum atomic E-state index is 12.4. The van der Waals surface area contributed by atoms with E-state index in [-0.39, 0.29) is 10.8 Å². The van der Waals surface area contributed by atoms with E-state index in [1.165, 1.54) is 12.4 Å². The molecule has 3 aromatic heterocycles. The van der Waals surface area contributed by atoms with E-state index in [9.17, 15) is 8.42 Å². The quantitative estimate of drug-likeness (QED) is 0.739. The van der Waals surface area contributed by atoms with Crippen LogP contribution in [0.15, 0.2) is 34.4 Å². The highest BCUT2D eigenvalue weighted by Crippen LogP contribution is 2.17. The maximum absolute atomic E-state index is 12.4. The first kappa shape index (κ1) is 15.0. The van der Waals surface area contributed by atoms with Crippen LogP contribution in [0.25, 0.3) is 5.65 Å². The lowest BCUT2D eigenvalue weighted by atomic mass is 10.6. The fourth-order valence-corrected chi connectivity index (χ4v) is 3.36. The Labute approximate surface area is 135 Å². The van der Waals surface area contributed by atoms with Crippen molar-refractivity contribution in [3.8, 4) is 0 Å². The van der Waals surface area contributed by atoms with Gasteiger partial charge in [0.1, 0.15) is 10.4 Å². The van der Waals surface area contributed by atoms with Crippen molar-refractivity contribution in [3.63, 3.8) is 0 Å². The van der Waals surface area contributed by atoms with Crippen LogP contribution in [0, 0.1) is 6.92 Å². The SMILES string of the molecule is CCn1cc(S(=O)(=O)Nc2cn3cc(Br)ncc3n2)nc1C. The molecule has 116 valence electrons. The number of rotatable bonds is 4. The number of nitrogens with one attached hydrogen (secondary N) is 1. The first-order valence-electron chi connectivity index (χ1n) is 6.46. The average molecular weight is 385 g/mol. The van der Waals surface area contributed by atoms with Crippen LogP contribution >= 0.6 is 15.9 Å². The first-order chi connectivity index (χ1) is 10.4. The average Bonchev–Trinajstić information content (AvgIpc) is 3.00. The number of fused-ring (bicyclic) bond motifs is 1. The Bertz CT molecular complexity index is 946. The predicted octanol–water partition coefficient (Wildman–Crippen LogP) is 1.82. The number of hydrogen-bond acceptors (Lipinski definition) is 5. The van der Waals surface area contributed by atoms with E-state index >= 15 is 0 Å². The molecule has 0 radical (unpaired) electrons. The van der Waals surface area contributed by atoms with Crippen molar-refractivity contribution >= 4 is 37.4 Å². The Balaban J connectivity index is 1.95. The Morgan fingerprint density at radius 2 is 2.05 bits per heavy atom. The summed E-state index contributed by atoms with van der Waals surface area (Å²) < 4.78 is 31.2. The van der Waals surface area contributed by atoms with E-state index in [4.69, 9.17) is 0 Å². The van der Waals surface area contributed by atoms with Gasteiger partial charge >= 0.3 is 0 Å². The number of imidazole rings is 2. The molecule has 0 aliphatic heterocycles. The van der Waals surface area contributed by atoms with Crippen LogP contribution in [-0.2, 0) is 16.6 Å². The van der Waals surface area contributed by atoms with Crippen molar-refractivity contribution in [3.05, 3.63) is 35.2 Å². The zero-order chi connectivity index (χ0) is 15.9. The van der Waals surface area contributed by atoms with Gasteiger partial charge in [0.2, 0.25) is 0 Å². The molecule has 3 rings (SSSR count). The summed E-state index contributed by atoms with van der Waals surface area (Å²) >= 11 is 3.25. The molecule has 0 saturated heterocycles. The van der Waals surface area contributed by atoms with Crippen molar-refractivity contribution < 1.29 is 8.42 Å². The van der Waals surface area contributed by atoms with E-state index in [1.54, 1.807) is 28.3 Å². The molecule has 0 unspecified atom stereocenters. The van der Waals surface area contributed by atoms with Crippen LogP contribution < -0.4 is 4.72 Å². The van der Waals surface area contributed by atoms with Gasteiger partial charge in [0.15, 0.2) is 16.5 Å². The Morgan fingerprint density at radius 3 is 2.73 bits per heavy atom. The highest BCUT2D eigenvalue weighted by atomic mass is 79.9. The van der Waals surface area contributed by atoms with E-state index in [1.807, 2.05) is 6.92 Å². The summed E-state index contributed by atoms with van der Waals surface area (Å²) in [6.07, 6.45) is 6.31. The molecule has 0 saturated carbocycles. The number of anilines is 1. The number of hydrogen-bond donors (Lipinski definition) is 1. The van der Waals surface area contributed by atoms with E-state index in [0.717, 1.165) is 0 Å². The van der Waals surface area contributed by atoms with Crippen LogP contribution in [0.3, 0.4) is 0 Å². The normalized spacial score (nSPS) is 12.0. The summed E-state index contributed by atoms with van der Waals surface area (Å²) in [5.41, 5.74) is 0.538. The predicted molar refractivity (Wildman–Crippen MR) is 84.1 cm³/mol. The molecule has 22 heavy (non-hydrogen) atoms. The molecule has 0 fully saturated rings. The van der Waals surface area contributed by atoms with Gasteiger partial charge < -0.3 is 8.97 Å². The van der Waals surface area contributed by atoms with Gasteiger partial charge in [0, 0.05) is 18.9 Å². The van der Waals surface area contributed by atoms with Crippen LogP contribution in [0.4, 0.5) is 5.82 Å². The molecule has 0 spiro atoms. The zero-order valence-electron chi connectivity index (χ0n) is 11.9. The van der Waals surface area contributed by atoms with E-state index in [2.05, 4.69) is 35.6 Å². The lowest BCUT2D eigenvalue weighted by Gasteiger charge is -2.01. The number of halogens is 1. The van der Waals surface area contributed by atoms with Gasteiger partial charge in [-0.3, -0.25) is 4.72 Å². The lowest BCUT2D eigenvalue weighted by molar-refractivity contribution is 0.597. The van der Waals surface area contributed by atoms with Crippen molar-refractivity contribution in [1.29, 1.82) is 0 Å². The minimum Gasteiger partial charge on any atom is -0.334 e. The van der Waals surface area contributed by atoms with Crippen LogP contribution in [0.5, 0.6) is 0 Å². The van der Waals surface area contributed by atoms with E-state index in [0.29, 0.717) is 22.6 Å². The summed E-state index contributed by atoms with van der Waals surface area (Å²) in [6, 6.07) is 0. The molecule has 1 N–H and O–H groups in total. The lowest BCUT2D eigenvalue weighted by Crippen LogP contribution is -2.13. The first-order valence-corrected chi connectivity index (χ1v) is 8.73. The summed E-state index contributed by atoms with van der Waals surface area (Å²) in [5, 5.41) is -0.0248. The number of aromatic nitrogens is 5. The molecule has 0 amide bonds. The summed E-state index contributed by atoms with van der Waals surface area (Å²) in [6.45, 7) is 4.34. The standard InChI is InChI=1S/C12H13BrN6O2S/c1-3-18-7-12(15-8(18)2)22(20,21)17-10-6-19-5-9(13)14-4-11(19)16-10/h4-7,17H,3H2,1-2H3. The van der Waals surface area contributed by atoms with Crippen molar-refractivity contribution in [2.75, 3.05) is 4.72 Å². The van der Waals surface area contributed by atoms with Gasteiger partial charge in [0.25, 0.3) is 10.0 Å². The molecule has 8 nitrogen and oxygen atoms in total. The molecule has 3 aromatic rings. The van der Waals surface area contributed by atoms with Gasteiger partial charge in [-0.15, -0.1) is 0 Å². The third-order valence-corrected chi connectivity index (χ3v) is 4.75. The minimum atomic E-state index is -3.77. The summed E-state index contributed by atoms with van der Waals surface area (Å²) in [5.74, 6) is 0.856. The van der Waals surface area contributed by atoms with Crippen LogP contribution in [-0.4, -0.2) is 32.3 Å². The molecule has 0 bridgehead atoms. The Morgan fingerprint density at radius 1 is 1.27 bits per heavy atom. The van der Waals surface area contributed by atoms with E-state index < -0.39 is 10.0 Å². The van der Waals surface area contributed by atoms with Gasteiger partial charge in [-0.2, -0.15) is 8.42 Å². The highest BCUT2D eigenvalue weighted by Gasteiger charge is 2.20. The van der Waals surface area contributed by atoms with Crippen molar-refractivity contribution in [2.45, 2.75) is 25.4 Å². The van der Waals surface area contributed by atoms with Gasteiger partial charge in [-0.1, -0.05) is 0 Å². The molecular weight excluding hydrogens is 372 g/mol. The second kappa shape index (κ2) is 5.36. The largest absolute Gasteiger partial charge is 0.334 e. The molecule has 0 aliphatic rings. The van der Waals surface area contributed by atoms with Crippen LogP contribution in [0.2, 0.25) is 0 Å². The summed E-state index contributed by atoms with van der Waals surface area (Å²) in [7, 11) is -3.77.